The van der Waals surface area contributed by atoms with Gasteiger partial charge in [-0.1, -0.05) is 60.7 Å². The van der Waals surface area contributed by atoms with E-state index in [1.165, 1.54) is 24.3 Å². The van der Waals surface area contributed by atoms with Crippen molar-refractivity contribution in [2.24, 2.45) is 5.10 Å². The zero-order valence-electron chi connectivity index (χ0n) is 23.7. The van der Waals surface area contributed by atoms with E-state index in [-0.39, 0.29) is 16.4 Å². The Morgan fingerprint density at radius 2 is 1.04 bits per heavy atom. The largest absolute Gasteiger partial charge is 0.368 e. The van der Waals surface area contributed by atoms with Crippen LogP contribution in [0.4, 0.5) is 38.0 Å². The van der Waals surface area contributed by atoms with Crippen LogP contribution in [0.3, 0.4) is 0 Å². The average molecular weight is 599 g/mol. The fourth-order valence-corrected chi connectivity index (χ4v) is 6.11. The second-order valence-electron chi connectivity index (χ2n) is 10.3. The minimum absolute atomic E-state index is 0.0146. The van der Waals surface area contributed by atoms with Gasteiger partial charge in [-0.05, 0) is 48.5 Å². The number of aromatic nitrogens is 4. The number of rotatable bonds is 6. The first-order valence-electron chi connectivity index (χ1n) is 14.0. The molecule has 0 fully saturated rings. The van der Waals surface area contributed by atoms with Gasteiger partial charge in [-0.25, -0.2) is 18.7 Å². The van der Waals surface area contributed by atoms with Crippen LogP contribution in [0, 0.1) is 11.6 Å². The number of hydrazone groups is 1. The third-order valence-corrected chi connectivity index (χ3v) is 7.84. The van der Waals surface area contributed by atoms with E-state index in [4.69, 9.17) is 26.5 Å². The Morgan fingerprint density at radius 1 is 0.578 bits per heavy atom. The predicted molar refractivity (Wildman–Crippen MR) is 170 cm³/mol. The molecule has 7 rings (SSSR count). The summed E-state index contributed by atoms with van der Waals surface area (Å²) in [5.74, 6) is 0.395. The van der Waals surface area contributed by atoms with Gasteiger partial charge in [0.25, 0.3) is 11.5 Å². The topological polar surface area (TPSA) is 119 Å². The van der Waals surface area contributed by atoms with Crippen LogP contribution >= 0.6 is 0 Å². The summed E-state index contributed by atoms with van der Waals surface area (Å²) >= 11 is 0. The van der Waals surface area contributed by atoms with Crippen molar-refractivity contribution < 1.29 is 8.78 Å². The van der Waals surface area contributed by atoms with Gasteiger partial charge < -0.3 is 11.5 Å². The molecule has 4 aromatic carbocycles. The van der Waals surface area contributed by atoms with Crippen molar-refractivity contribution in [1.82, 2.24) is 24.4 Å². The average Bonchev–Trinajstić information content (AvgIpc) is 3.40. The quantitative estimate of drug-likeness (QED) is 0.221. The minimum Gasteiger partial charge on any atom is -0.368 e. The summed E-state index contributed by atoms with van der Waals surface area (Å²) in [5, 5.41) is 7.16. The fraction of sp³-hybridized carbons (Fsp3) is 0.0294. The molecule has 1 aliphatic heterocycles. The second-order valence-corrected chi connectivity index (χ2v) is 10.3. The lowest BCUT2D eigenvalue weighted by molar-refractivity contribution is 0.302. The molecule has 11 heteroatoms. The SMILES string of the molecule is Nc1nccc([N+]2(c3ccnc(N)n3)C(c3ccc(F)cc3)=NN(c3ccc(F)cc3)C2(c2ccccc2)c2ccccc2)n1. The summed E-state index contributed by atoms with van der Waals surface area (Å²) < 4.78 is 28.5. The van der Waals surface area contributed by atoms with Gasteiger partial charge in [-0.15, -0.1) is 9.58 Å². The smallest absolute Gasteiger partial charge is 0.267 e. The second kappa shape index (κ2) is 10.9. The maximum absolute atomic E-state index is 14.4. The molecule has 3 heterocycles. The van der Waals surface area contributed by atoms with E-state index in [2.05, 4.69) is 9.97 Å². The number of nitrogens with zero attached hydrogens (tertiary/aromatic N) is 7. The van der Waals surface area contributed by atoms with Crippen molar-refractivity contribution in [2.75, 3.05) is 16.5 Å². The first kappa shape index (κ1) is 27.7. The molecule has 0 atom stereocenters. The van der Waals surface area contributed by atoms with E-state index in [1.54, 1.807) is 48.8 Å². The van der Waals surface area contributed by atoms with Gasteiger partial charge in [0.05, 0.1) is 11.3 Å². The number of halogens is 2. The summed E-state index contributed by atoms with van der Waals surface area (Å²) in [7, 11) is 0. The fourth-order valence-electron chi connectivity index (χ4n) is 6.11. The minimum atomic E-state index is -1.37. The van der Waals surface area contributed by atoms with Crippen LogP contribution in [0.2, 0.25) is 0 Å². The third-order valence-electron chi connectivity index (χ3n) is 7.84. The van der Waals surface area contributed by atoms with E-state index < -0.39 is 17.3 Å². The van der Waals surface area contributed by atoms with E-state index >= 15 is 0 Å². The van der Waals surface area contributed by atoms with Gasteiger partial charge in [0.2, 0.25) is 23.5 Å². The van der Waals surface area contributed by atoms with Crippen molar-refractivity contribution in [3.05, 3.63) is 162 Å². The maximum Gasteiger partial charge on any atom is 0.267 e. The standard InChI is InChI=1S/C34H26F2N9/c35-26-13-11-23(12-14-26)31-43-44(28-17-15-27(36)16-18-28)34(24-7-3-1-4-8-24,25-9-5-2-6-10-25)45(31,29-19-21-39-32(37)41-29)30-20-22-40-33(38)42-30/h1-22H,(H2,37,39,41)(H2,38,40,42)/q+1. The lowest BCUT2D eigenvalue weighted by atomic mass is 9.85. The molecule has 1 aliphatic rings. The monoisotopic (exact) mass is 598 g/mol. The van der Waals surface area contributed by atoms with Gasteiger partial charge in [0, 0.05) is 35.7 Å². The van der Waals surface area contributed by atoms with Gasteiger partial charge >= 0.3 is 0 Å². The van der Waals surface area contributed by atoms with Crippen LogP contribution in [0.25, 0.3) is 0 Å². The van der Waals surface area contributed by atoms with Crippen molar-refractivity contribution >= 4 is 35.1 Å². The number of hydrogen-bond acceptors (Lipinski definition) is 8. The summed E-state index contributed by atoms with van der Waals surface area (Å²) in [5.41, 5.74) is 13.9. The lowest BCUT2D eigenvalue weighted by Crippen LogP contribution is -2.66. The Hall–Kier alpha value is -6.07. The molecule has 45 heavy (non-hydrogen) atoms. The normalized spacial score (nSPS) is 15.1. The van der Waals surface area contributed by atoms with Crippen LogP contribution in [-0.4, -0.2) is 25.8 Å². The Morgan fingerprint density at radius 3 is 1.51 bits per heavy atom. The van der Waals surface area contributed by atoms with E-state index in [0.29, 0.717) is 28.7 Å². The van der Waals surface area contributed by atoms with Gasteiger partial charge in [0.15, 0.2) is 0 Å². The van der Waals surface area contributed by atoms with Crippen LogP contribution in [-0.2, 0) is 5.66 Å². The summed E-state index contributed by atoms with van der Waals surface area (Å²) in [4.78, 5) is 18.0. The highest BCUT2D eigenvalue weighted by atomic mass is 19.1. The maximum atomic E-state index is 14.4. The molecule has 9 nitrogen and oxygen atoms in total. The summed E-state index contributed by atoms with van der Waals surface area (Å²) in [6.07, 6.45) is 3.12. The van der Waals surface area contributed by atoms with Gasteiger partial charge in [-0.3, -0.25) is 0 Å². The Labute approximate surface area is 257 Å². The molecule has 0 aliphatic carbocycles. The van der Waals surface area contributed by atoms with Crippen molar-refractivity contribution in [3.63, 3.8) is 0 Å². The number of quaternary nitrogens is 1. The van der Waals surface area contributed by atoms with Crippen LogP contribution in [0.5, 0.6) is 0 Å². The highest BCUT2D eigenvalue weighted by Crippen LogP contribution is 2.57. The van der Waals surface area contributed by atoms with Crippen LogP contribution in [0.15, 0.2) is 139 Å². The molecular weight excluding hydrogens is 572 g/mol. The highest BCUT2D eigenvalue weighted by molar-refractivity contribution is 6.13. The summed E-state index contributed by atoms with van der Waals surface area (Å²) in [6.45, 7) is 0. The van der Waals surface area contributed by atoms with Crippen molar-refractivity contribution in [1.29, 1.82) is 0 Å². The van der Waals surface area contributed by atoms with E-state index in [9.17, 15) is 8.78 Å². The summed E-state index contributed by atoms with van der Waals surface area (Å²) in [6, 6.07) is 35.0. The number of nitrogens with two attached hydrogens (primary N) is 2. The Kier molecular flexibility index (Phi) is 6.71. The molecule has 0 saturated heterocycles. The van der Waals surface area contributed by atoms with Crippen molar-refractivity contribution in [2.45, 2.75) is 5.66 Å². The molecule has 220 valence electrons. The number of nitrogen functional groups attached to an aromatic ring is 2. The number of anilines is 3. The molecular formula is C34H26F2N9+. The number of amidine groups is 1. The zero-order chi connectivity index (χ0) is 31.0. The van der Waals surface area contributed by atoms with Crippen LogP contribution < -0.4 is 21.0 Å². The Balaban J connectivity index is 1.76. The van der Waals surface area contributed by atoms with E-state index in [0.717, 1.165) is 11.1 Å². The zero-order valence-corrected chi connectivity index (χ0v) is 23.7. The first-order chi connectivity index (χ1) is 21.9. The molecule has 0 amide bonds. The molecule has 2 aromatic heterocycles. The Bertz CT molecular complexity index is 1920. The molecule has 0 unspecified atom stereocenters. The van der Waals surface area contributed by atoms with E-state index in [1.807, 2.05) is 65.7 Å². The first-order valence-corrected chi connectivity index (χ1v) is 14.0. The lowest BCUT2D eigenvalue weighted by Gasteiger charge is -2.48. The highest BCUT2D eigenvalue weighted by Gasteiger charge is 2.70. The molecule has 0 bridgehead atoms. The third kappa shape index (κ3) is 4.28. The molecule has 6 aromatic rings. The molecule has 0 spiro atoms. The number of benzene rings is 4. The van der Waals surface area contributed by atoms with Crippen LogP contribution in [0.1, 0.15) is 16.7 Å². The molecule has 0 radical (unpaired) electrons. The van der Waals surface area contributed by atoms with Gasteiger partial charge in [0.1, 0.15) is 11.6 Å². The molecule has 0 saturated carbocycles. The van der Waals surface area contributed by atoms with Crippen molar-refractivity contribution in [3.8, 4) is 0 Å². The predicted octanol–water partition coefficient (Wildman–Crippen LogP) is 6.13. The number of hydrogen-bond donors (Lipinski definition) is 2. The van der Waals surface area contributed by atoms with Gasteiger partial charge in [-0.2, -0.15) is 15.0 Å². The molecule has 4 N–H and O–H groups in total.